The van der Waals surface area contributed by atoms with E-state index in [0.29, 0.717) is 5.56 Å². The minimum absolute atomic E-state index is 0.0285. The molecule has 0 spiro atoms. The second-order valence-electron chi connectivity index (χ2n) is 3.97. The molecule has 2 rings (SSSR count). The molecule has 0 amide bonds. The summed E-state index contributed by atoms with van der Waals surface area (Å²) in [5.74, 6) is -1.36. The standard InChI is InChI=1S/C14H11F4NO/c15-11-2-1-3-12(16)13(11)19-8-9-4-6-10(7-5-9)20-14(17)18/h1-7,14,19H,8H2. The average molecular weight is 285 g/mol. The zero-order valence-electron chi connectivity index (χ0n) is 10.2. The minimum Gasteiger partial charge on any atom is -0.435 e. The molecular weight excluding hydrogens is 274 g/mol. The van der Waals surface area contributed by atoms with E-state index in [4.69, 9.17) is 0 Å². The zero-order chi connectivity index (χ0) is 14.5. The molecule has 0 fully saturated rings. The molecular formula is C14H11F4NO. The molecule has 0 saturated heterocycles. The Hall–Kier alpha value is -2.24. The smallest absolute Gasteiger partial charge is 0.387 e. The third kappa shape index (κ3) is 3.63. The molecule has 0 heterocycles. The highest BCUT2D eigenvalue weighted by molar-refractivity contribution is 5.46. The van der Waals surface area contributed by atoms with Crippen molar-refractivity contribution < 1.29 is 22.3 Å². The lowest BCUT2D eigenvalue weighted by Crippen LogP contribution is -2.04. The Balaban J connectivity index is 2.00. The van der Waals surface area contributed by atoms with Crippen molar-refractivity contribution >= 4 is 5.69 Å². The van der Waals surface area contributed by atoms with Crippen molar-refractivity contribution in [2.24, 2.45) is 0 Å². The second kappa shape index (κ2) is 6.27. The lowest BCUT2D eigenvalue weighted by atomic mass is 10.2. The summed E-state index contributed by atoms with van der Waals surface area (Å²) in [7, 11) is 0. The molecule has 0 bridgehead atoms. The zero-order valence-corrected chi connectivity index (χ0v) is 10.2. The number of ether oxygens (including phenoxy) is 1. The van der Waals surface area contributed by atoms with E-state index in [1.54, 1.807) is 0 Å². The van der Waals surface area contributed by atoms with E-state index in [-0.39, 0.29) is 18.0 Å². The Morgan fingerprint density at radius 3 is 2.10 bits per heavy atom. The number of rotatable bonds is 5. The molecule has 6 heteroatoms. The number of nitrogens with one attached hydrogen (secondary N) is 1. The summed E-state index contributed by atoms with van der Waals surface area (Å²) in [5.41, 5.74) is 0.453. The van der Waals surface area contributed by atoms with Gasteiger partial charge in [-0.3, -0.25) is 0 Å². The van der Waals surface area contributed by atoms with Gasteiger partial charge in [-0.05, 0) is 29.8 Å². The van der Waals surface area contributed by atoms with Gasteiger partial charge in [0, 0.05) is 6.54 Å². The van der Waals surface area contributed by atoms with E-state index >= 15 is 0 Å². The first-order valence-electron chi connectivity index (χ1n) is 5.78. The lowest BCUT2D eigenvalue weighted by Gasteiger charge is -2.09. The molecule has 1 N–H and O–H groups in total. The van der Waals surface area contributed by atoms with Crippen LogP contribution in [-0.4, -0.2) is 6.61 Å². The van der Waals surface area contributed by atoms with Crippen LogP contribution in [0.5, 0.6) is 5.75 Å². The van der Waals surface area contributed by atoms with Crippen LogP contribution in [0.2, 0.25) is 0 Å². The highest BCUT2D eigenvalue weighted by atomic mass is 19.3. The van der Waals surface area contributed by atoms with Crippen molar-refractivity contribution in [2.45, 2.75) is 13.2 Å². The van der Waals surface area contributed by atoms with Crippen molar-refractivity contribution in [3.63, 3.8) is 0 Å². The number of para-hydroxylation sites is 1. The van der Waals surface area contributed by atoms with Gasteiger partial charge in [-0.15, -0.1) is 0 Å². The highest BCUT2D eigenvalue weighted by Crippen LogP contribution is 2.20. The summed E-state index contributed by atoms with van der Waals surface area (Å²) < 4.78 is 54.8. The van der Waals surface area contributed by atoms with Crippen LogP contribution in [-0.2, 0) is 6.54 Å². The molecule has 2 nitrogen and oxygen atoms in total. The Morgan fingerprint density at radius 2 is 1.55 bits per heavy atom. The molecule has 20 heavy (non-hydrogen) atoms. The molecule has 0 aromatic heterocycles. The van der Waals surface area contributed by atoms with Crippen LogP contribution in [0.15, 0.2) is 42.5 Å². The van der Waals surface area contributed by atoms with Crippen molar-refractivity contribution in [2.75, 3.05) is 5.32 Å². The Morgan fingerprint density at radius 1 is 0.950 bits per heavy atom. The van der Waals surface area contributed by atoms with Gasteiger partial charge >= 0.3 is 6.61 Å². The number of hydrogen-bond donors (Lipinski definition) is 1. The molecule has 0 atom stereocenters. The van der Waals surface area contributed by atoms with Gasteiger partial charge in [0.15, 0.2) is 0 Å². The van der Waals surface area contributed by atoms with Crippen LogP contribution in [0.1, 0.15) is 5.56 Å². The maximum Gasteiger partial charge on any atom is 0.387 e. The molecule has 0 radical (unpaired) electrons. The Bertz CT molecular complexity index is 552. The summed E-state index contributed by atoms with van der Waals surface area (Å²) in [4.78, 5) is 0. The predicted molar refractivity (Wildman–Crippen MR) is 66.8 cm³/mol. The number of hydrogen-bond acceptors (Lipinski definition) is 2. The summed E-state index contributed by atoms with van der Waals surface area (Å²) in [5, 5.41) is 2.62. The number of anilines is 1. The third-order valence-corrected chi connectivity index (χ3v) is 2.58. The average Bonchev–Trinajstić information content (AvgIpc) is 2.39. The topological polar surface area (TPSA) is 21.3 Å². The lowest BCUT2D eigenvalue weighted by molar-refractivity contribution is -0.0498. The van der Waals surface area contributed by atoms with Crippen LogP contribution in [0.4, 0.5) is 23.2 Å². The number of halogens is 4. The van der Waals surface area contributed by atoms with Gasteiger partial charge in [-0.25, -0.2) is 8.78 Å². The van der Waals surface area contributed by atoms with E-state index in [9.17, 15) is 17.6 Å². The summed E-state index contributed by atoms with van der Waals surface area (Å²) >= 11 is 0. The molecule has 0 aliphatic rings. The van der Waals surface area contributed by atoms with Gasteiger partial charge in [0.05, 0.1) is 0 Å². The van der Waals surface area contributed by atoms with Crippen LogP contribution < -0.4 is 10.1 Å². The fraction of sp³-hybridized carbons (Fsp3) is 0.143. The molecule has 2 aromatic carbocycles. The van der Waals surface area contributed by atoms with Gasteiger partial charge in [-0.1, -0.05) is 18.2 Å². The van der Waals surface area contributed by atoms with E-state index in [1.165, 1.54) is 30.3 Å². The van der Waals surface area contributed by atoms with Crippen molar-refractivity contribution in [3.8, 4) is 5.75 Å². The molecule has 2 aromatic rings. The quantitative estimate of drug-likeness (QED) is 0.832. The SMILES string of the molecule is Fc1cccc(F)c1NCc1ccc(OC(F)F)cc1. The maximum absolute atomic E-state index is 13.4. The largest absolute Gasteiger partial charge is 0.435 e. The fourth-order valence-corrected chi connectivity index (χ4v) is 1.65. The van der Waals surface area contributed by atoms with Crippen LogP contribution >= 0.6 is 0 Å². The predicted octanol–water partition coefficient (Wildman–Crippen LogP) is 4.18. The van der Waals surface area contributed by atoms with E-state index < -0.39 is 18.2 Å². The van der Waals surface area contributed by atoms with Gasteiger partial charge in [0.1, 0.15) is 23.1 Å². The van der Waals surface area contributed by atoms with Gasteiger partial charge in [0.25, 0.3) is 0 Å². The van der Waals surface area contributed by atoms with Crippen molar-refractivity contribution in [1.29, 1.82) is 0 Å². The fourth-order valence-electron chi connectivity index (χ4n) is 1.65. The molecule has 106 valence electrons. The minimum atomic E-state index is -2.88. The third-order valence-electron chi connectivity index (χ3n) is 2.58. The van der Waals surface area contributed by atoms with E-state index in [2.05, 4.69) is 10.1 Å². The highest BCUT2D eigenvalue weighted by Gasteiger charge is 2.08. The molecule has 0 aliphatic carbocycles. The van der Waals surface area contributed by atoms with Crippen LogP contribution in [0.25, 0.3) is 0 Å². The summed E-state index contributed by atoms with van der Waals surface area (Å²) in [6, 6.07) is 9.34. The van der Waals surface area contributed by atoms with Crippen LogP contribution in [0.3, 0.4) is 0 Å². The second-order valence-corrected chi connectivity index (χ2v) is 3.97. The molecule has 0 aliphatic heterocycles. The van der Waals surface area contributed by atoms with Gasteiger partial charge < -0.3 is 10.1 Å². The first kappa shape index (κ1) is 14.2. The number of benzene rings is 2. The first-order chi connectivity index (χ1) is 9.56. The van der Waals surface area contributed by atoms with Crippen molar-refractivity contribution in [1.82, 2.24) is 0 Å². The molecule has 0 unspecified atom stereocenters. The molecule has 0 saturated carbocycles. The monoisotopic (exact) mass is 285 g/mol. The van der Waals surface area contributed by atoms with E-state index in [1.807, 2.05) is 0 Å². The summed E-state index contributed by atoms with van der Waals surface area (Å²) in [6.07, 6.45) is 0. The Labute approximate surface area is 113 Å². The van der Waals surface area contributed by atoms with E-state index in [0.717, 1.165) is 12.1 Å². The first-order valence-corrected chi connectivity index (χ1v) is 5.78. The summed E-state index contributed by atoms with van der Waals surface area (Å²) in [6.45, 7) is -2.72. The van der Waals surface area contributed by atoms with Crippen LogP contribution in [0, 0.1) is 11.6 Å². The van der Waals surface area contributed by atoms with Gasteiger partial charge in [-0.2, -0.15) is 8.78 Å². The van der Waals surface area contributed by atoms with Gasteiger partial charge in [0.2, 0.25) is 0 Å². The Kier molecular flexibility index (Phi) is 4.45. The maximum atomic E-state index is 13.4. The number of alkyl halides is 2. The van der Waals surface area contributed by atoms with Crippen molar-refractivity contribution in [3.05, 3.63) is 59.7 Å². The normalized spacial score (nSPS) is 10.7.